The van der Waals surface area contributed by atoms with Crippen molar-refractivity contribution in [2.24, 2.45) is 17.1 Å². The van der Waals surface area contributed by atoms with Crippen LogP contribution in [0.2, 0.25) is 0 Å². The van der Waals surface area contributed by atoms with Crippen LogP contribution in [0.3, 0.4) is 0 Å². The Bertz CT molecular complexity index is 450. The van der Waals surface area contributed by atoms with Gasteiger partial charge in [0.1, 0.15) is 5.82 Å². The second kappa shape index (κ2) is 5.70. The maximum absolute atomic E-state index is 12.5. The van der Waals surface area contributed by atoms with E-state index in [0.29, 0.717) is 18.3 Å². The lowest BCUT2D eigenvalue weighted by atomic mass is 9.70. The Morgan fingerprint density at radius 2 is 2.16 bits per heavy atom. The van der Waals surface area contributed by atoms with Crippen LogP contribution >= 0.6 is 0 Å². The molecule has 1 amide bonds. The van der Waals surface area contributed by atoms with Crippen LogP contribution in [0.5, 0.6) is 0 Å². The molecule has 2 rings (SSSR count). The van der Waals surface area contributed by atoms with E-state index in [2.05, 4.69) is 17.2 Å². The summed E-state index contributed by atoms with van der Waals surface area (Å²) in [7, 11) is 0. The average molecular weight is 261 g/mol. The van der Waals surface area contributed by atoms with Crippen molar-refractivity contribution in [2.45, 2.75) is 39.5 Å². The molecule has 4 nitrogen and oxygen atoms in total. The third-order valence-electron chi connectivity index (χ3n) is 4.23. The van der Waals surface area contributed by atoms with Gasteiger partial charge in [-0.2, -0.15) is 0 Å². The molecular formula is C15H23N3O. The van der Waals surface area contributed by atoms with Crippen LogP contribution in [0.1, 0.15) is 38.3 Å². The maximum atomic E-state index is 12.5. The first kappa shape index (κ1) is 14.0. The number of hydrogen-bond donors (Lipinski definition) is 2. The maximum Gasteiger partial charge on any atom is 0.233 e. The zero-order chi connectivity index (χ0) is 13.9. The summed E-state index contributed by atoms with van der Waals surface area (Å²) in [6.45, 7) is 4.56. The Morgan fingerprint density at radius 3 is 2.74 bits per heavy atom. The number of rotatable bonds is 3. The molecule has 0 unspecified atom stereocenters. The average Bonchev–Trinajstić information content (AvgIpc) is 2.40. The molecule has 0 saturated heterocycles. The summed E-state index contributed by atoms with van der Waals surface area (Å²) in [4.78, 5) is 16.8. The molecule has 0 radical (unpaired) electrons. The van der Waals surface area contributed by atoms with Gasteiger partial charge in [0, 0.05) is 12.2 Å². The molecule has 0 bridgehead atoms. The molecule has 1 fully saturated rings. The van der Waals surface area contributed by atoms with Gasteiger partial charge in [0.25, 0.3) is 0 Å². The molecule has 104 valence electrons. The molecule has 1 aromatic rings. The van der Waals surface area contributed by atoms with Gasteiger partial charge in [0.05, 0.1) is 5.41 Å². The van der Waals surface area contributed by atoms with Crippen molar-refractivity contribution in [3.05, 3.63) is 23.9 Å². The van der Waals surface area contributed by atoms with Crippen molar-refractivity contribution in [3.8, 4) is 0 Å². The van der Waals surface area contributed by atoms with Crippen LogP contribution in [0.15, 0.2) is 18.2 Å². The number of aromatic nitrogens is 1. The van der Waals surface area contributed by atoms with Crippen molar-refractivity contribution in [3.63, 3.8) is 0 Å². The summed E-state index contributed by atoms with van der Waals surface area (Å²) in [6, 6.07) is 5.63. The molecule has 0 spiro atoms. The third kappa shape index (κ3) is 3.13. The fraction of sp³-hybridized carbons (Fsp3) is 0.600. The van der Waals surface area contributed by atoms with Gasteiger partial charge in [0.2, 0.25) is 5.91 Å². The van der Waals surface area contributed by atoms with Gasteiger partial charge >= 0.3 is 0 Å². The lowest BCUT2D eigenvalue weighted by Crippen LogP contribution is -2.45. The molecule has 1 saturated carbocycles. The van der Waals surface area contributed by atoms with Gasteiger partial charge in [-0.3, -0.25) is 4.79 Å². The molecule has 19 heavy (non-hydrogen) atoms. The topological polar surface area (TPSA) is 68.0 Å². The Kier molecular flexibility index (Phi) is 4.20. The Labute approximate surface area is 114 Å². The van der Waals surface area contributed by atoms with E-state index in [-0.39, 0.29) is 5.91 Å². The minimum absolute atomic E-state index is 0.0278. The summed E-state index contributed by atoms with van der Waals surface area (Å²) >= 11 is 0. The number of carbonyl (C=O) groups is 1. The molecule has 4 heteroatoms. The molecule has 0 aromatic carbocycles. The Balaban J connectivity index is 2.09. The SMILES string of the molecule is Cc1cccc(NC(=O)C2(CN)CCC(C)CC2)n1. The van der Waals surface area contributed by atoms with Crippen LogP contribution in [0, 0.1) is 18.3 Å². The van der Waals surface area contributed by atoms with Crippen molar-refractivity contribution >= 4 is 11.7 Å². The lowest BCUT2D eigenvalue weighted by Gasteiger charge is -2.36. The summed E-state index contributed by atoms with van der Waals surface area (Å²) in [5.41, 5.74) is 6.38. The smallest absolute Gasteiger partial charge is 0.233 e. The molecule has 1 heterocycles. The predicted molar refractivity (Wildman–Crippen MR) is 76.7 cm³/mol. The molecule has 1 aliphatic carbocycles. The highest BCUT2D eigenvalue weighted by molar-refractivity contribution is 5.94. The van der Waals surface area contributed by atoms with Crippen molar-refractivity contribution in [1.29, 1.82) is 0 Å². The van der Waals surface area contributed by atoms with Gasteiger partial charge in [-0.25, -0.2) is 4.98 Å². The van der Waals surface area contributed by atoms with Gasteiger partial charge in [0.15, 0.2) is 0 Å². The highest BCUT2D eigenvalue weighted by Crippen LogP contribution is 2.38. The van der Waals surface area contributed by atoms with Gasteiger partial charge in [-0.15, -0.1) is 0 Å². The molecule has 0 aliphatic heterocycles. The zero-order valence-electron chi connectivity index (χ0n) is 11.8. The van der Waals surface area contributed by atoms with E-state index in [4.69, 9.17) is 5.73 Å². The van der Waals surface area contributed by atoms with Crippen molar-refractivity contribution in [1.82, 2.24) is 4.98 Å². The van der Waals surface area contributed by atoms with Crippen LogP contribution < -0.4 is 11.1 Å². The van der Waals surface area contributed by atoms with Gasteiger partial charge < -0.3 is 11.1 Å². The number of carbonyl (C=O) groups excluding carboxylic acids is 1. The van der Waals surface area contributed by atoms with Crippen LogP contribution in [-0.4, -0.2) is 17.4 Å². The number of nitrogens with one attached hydrogen (secondary N) is 1. The first-order chi connectivity index (χ1) is 9.05. The molecule has 0 atom stereocenters. The fourth-order valence-corrected chi connectivity index (χ4v) is 2.70. The Hall–Kier alpha value is -1.42. The molecule has 1 aromatic heterocycles. The second-order valence-electron chi connectivity index (χ2n) is 5.79. The molecule has 1 aliphatic rings. The predicted octanol–water partition coefficient (Wildman–Crippen LogP) is 2.48. The fourth-order valence-electron chi connectivity index (χ4n) is 2.70. The number of pyridine rings is 1. The van der Waals surface area contributed by atoms with Crippen molar-refractivity contribution < 1.29 is 4.79 Å². The normalized spacial score (nSPS) is 27.0. The van der Waals surface area contributed by atoms with E-state index in [9.17, 15) is 4.79 Å². The van der Waals surface area contributed by atoms with Crippen LogP contribution in [0.25, 0.3) is 0 Å². The quantitative estimate of drug-likeness (QED) is 0.878. The second-order valence-corrected chi connectivity index (χ2v) is 5.79. The standard InChI is InChI=1S/C15H23N3O/c1-11-6-8-15(10-16,9-7-11)14(19)18-13-5-3-4-12(2)17-13/h3-5,11H,6-10,16H2,1-2H3,(H,17,18,19). The first-order valence-electron chi connectivity index (χ1n) is 7.01. The van der Waals surface area contributed by atoms with E-state index < -0.39 is 5.41 Å². The van der Waals surface area contributed by atoms with Gasteiger partial charge in [-0.05, 0) is 50.7 Å². The van der Waals surface area contributed by atoms with E-state index in [1.807, 2.05) is 25.1 Å². The van der Waals surface area contributed by atoms with Gasteiger partial charge in [-0.1, -0.05) is 13.0 Å². The first-order valence-corrected chi connectivity index (χ1v) is 7.01. The van der Waals surface area contributed by atoms with E-state index in [0.717, 1.165) is 31.4 Å². The highest BCUT2D eigenvalue weighted by Gasteiger charge is 2.39. The lowest BCUT2D eigenvalue weighted by molar-refractivity contribution is -0.127. The molecule has 3 N–H and O–H groups in total. The molecular weight excluding hydrogens is 238 g/mol. The number of anilines is 1. The Morgan fingerprint density at radius 1 is 1.47 bits per heavy atom. The van der Waals surface area contributed by atoms with E-state index >= 15 is 0 Å². The van der Waals surface area contributed by atoms with Crippen LogP contribution in [-0.2, 0) is 4.79 Å². The summed E-state index contributed by atoms with van der Waals surface area (Å²) in [5, 5.41) is 2.93. The highest BCUT2D eigenvalue weighted by atomic mass is 16.2. The number of nitrogens with zero attached hydrogens (tertiary/aromatic N) is 1. The largest absolute Gasteiger partial charge is 0.329 e. The number of hydrogen-bond acceptors (Lipinski definition) is 3. The van der Waals surface area contributed by atoms with Crippen LogP contribution in [0.4, 0.5) is 5.82 Å². The van der Waals surface area contributed by atoms with E-state index in [1.54, 1.807) is 0 Å². The van der Waals surface area contributed by atoms with Crippen molar-refractivity contribution in [2.75, 3.05) is 11.9 Å². The minimum Gasteiger partial charge on any atom is -0.329 e. The monoisotopic (exact) mass is 261 g/mol. The summed E-state index contributed by atoms with van der Waals surface area (Å²) < 4.78 is 0. The third-order valence-corrected chi connectivity index (χ3v) is 4.23. The minimum atomic E-state index is -0.405. The summed E-state index contributed by atoms with van der Waals surface area (Å²) in [6.07, 6.45) is 3.91. The summed E-state index contributed by atoms with van der Waals surface area (Å²) in [5.74, 6) is 1.35. The zero-order valence-corrected chi connectivity index (χ0v) is 11.8. The van der Waals surface area contributed by atoms with E-state index in [1.165, 1.54) is 0 Å². The number of aryl methyl sites for hydroxylation is 1. The number of amides is 1. The number of nitrogens with two attached hydrogens (primary N) is 1.